The predicted molar refractivity (Wildman–Crippen MR) is 93.5 cm³/mol. The van der Waals surface area contributed by atoms with E-state index in [-0.39, 0.29) is 28.9 Å². The highest BCUT2D eigenvalue weighted by Crippen LogP contribution is 2.46. The first kappa shape index (κ1) is 22.3. The lowest BCUT2D eigenvalue weighted by Crippen LogP contribution is -2.37. The first-order valence-electron chi connectivity index (χ1n) is 8.75. The molecule has 0 saturated heterocycles. The molecule has 0 bridgehead atoms. The number of alkyl halides is 3. The average molecular weight is 385 g/mol. The monoisotopic (exact) mass is 384 g/mol. The highest BCUT2D eigenvalue weighted by atomic mass is 32.2. The molecule has 0 aromatic heterocycles. The van der Waals surface area contributed by atoms with Gasteiger partial charge < -0.3 is 4.74 Å². The van der Waals surface area contributed by atoms with E-state index >= 15 is 0 Å². The van der Waals surface area contributed by atoms with E-state index in [1.54, 1.807) is 0 Å². The number of halogens is 3. The summed E-state index contributed by atoms with van der Waals surface area (Å²) in [6, 6.07) is 0. The van der Waals surface area contributed by atoms with E-state index in [4.69, 9.17) is 4.74 Å². The largest absolute Gasteiger partial charge is 0.482 e. The third-order valence-electron chi connectivity index (χ3n) is 5.86. The molecule has 3 nitrogen and oxygen atoms in total. The maximum Gasteiger partial charge on any atom is 0.402 e. The van der Waals surface area contributed by atoms with Gasteiger partial charge in [0.15, 0.2) is 15.8 Å². The molecule has 1 rings (SSSR count). The van der Waals surface area contributed by atoms with Crippen LogP contribution in [-0.2, 0) is 14.6 Å². The highest BCUT2D eigenvalue weighted by Gasteiger charge is 2.40. The Balaban J connectivity index is 2.86. The first-order chi connectivity index (χ1) is 11.2. The molecule has 0 aromatic rings. The van der Waals surface area contributed by atoms with Gasteiger partial charge in [0.05, 0.1) is 5.76 Å². The zero-order chi connectivity index (χ0) is 19.6. The Morgan fingerprint density at radius 2 is 1.80 bits per heavy atom. The van der Waals surface area contributed by atoms with Gasteiger partial charge in [0.2, 0.25) is 0 Å². The fraction of sp³-hybridized carbons (Fsp3) is 0.889. The van der Waals surface area contributed by atoms with Gasteiger partial charge in [0, 0.05) is 5.92 Å². The van der Waals surface area contributed by atoms with Gasteiger partial charge in [-0.05, 0) is 36.0 Å². The lowest BCUT2D eigenvalue weighted by atomic mass is 9.62. The van der Waals surface area contributed by atoms with Gasteiger partial charge in [-0.3, -0.25) is 0 Å². The van der Waals surface area contributed by atoms with Crippen LogP contribution in [0.25, 0.3) is 0 Å². The second kappa shape index (κ2) is 7.89. The van der Waals surface area contributed by atoms with Crippen molar-refractivity contribution >= 4 is 9.84 Å². The summed E-state index contributed by atoms with van der Waals surface area (Å²) in [7, 11) is -4.37. The number of rotatable bonds is 5. The molecule has 25 heavy (non-hydrogen) atoms. The number of sulfone groups is 1. The van der Waals surface area contributed by atoms with Crippen LogP contribution in [0.3, 0.4) is 0 Å². The van der Waals surface area contributed by atoms with Crippen LogP contribution in [-0.4, -0.2) is 26.3 Å². The van der Waals surface area contributed by atoms with E-state index < -0.39 is 27.7 Å². The van der Waals surface area contributed by atoms with Gasteiger partial charge in [-0.2, -0.15) is 13.2 Å². The van der Waals surface area contributed by atoms with Gasteiger partial charge in [-0.15, -0.1) is 0 Å². The fourth-order valence-electron chi connectivity index (χ4n) is 3.99. The zero-order valence-electron chi connectivity index (χ0n) is 15.8. The minimum absolute atomic E-state index is 0.0735. The summed E-state index contributed by atoms with van der Waals surface area (Å²) < 4.78 is 65.5. The van der Waals surface area contributed by atoms with E-state index in [9.17, 15) is 21.6 Å². The molecule has 148 valence electrons. The SMILES string of the molecule is C=C(OCS(=O)(=O)CC(F)(F)F)C1C(C)CCCC(C)(C)[C@@H](C)C1C. The molecule has 0 radical (unpaired) electrons. The lowest BCUT2D eigenvalue weighted by molar-refractivity contribution is -0.106. The van der Waals surface area contributed by atoms with Crippen molar-refractivity contribution in [2.75, 3.05) is 11.7 Å². The summed E-state index contributed by atoms with van der Waals surface area (Å²) in [5.41, 5.74) is 0.139. The molecule has 4 atom stereocenters. The summed E-state index contributed by atoms with van der Waals surface area (Å²) in [6.07, 6.45) is -1.63. The Bertz CT molecular complexity index is 567. The fourth-order valence-corrected chi connectivity index (χ4v) is 4.90. The Morgan fingerprint density at radius 3 is 2.32 bits per heavy atom. The van der Waals surface area contributed by atoms with Crippen molar-refractivity contribution in [3.05, 3.63) is 12.3 Å². The van der Waals surface area contributed by atoms with Gasteiger partial charge >= 0.3 is 6.18 Å². The van der Waals surface area contributed by atoms with Crippen LogP contribution in [0.2, 0.25) is 0 Å². The summed E-state index contributed by atoms with van der Waals surface area (Å²) in [4.78, 5) is 0. The van der Waals surface area contributed by atoms with Crippen LogP contribution in [0.15, 0.2) is 12.3 Å². The lowest BCUT2D eigenvalue weighted by Gasteiger charge is -2.44. The summed E-state index contributed by atoms with van der Waals surface area (Å²) in [5, 5.41) is 0. The van der Waals surface area contributed by atoms with Crippen molar-refractivity contribution in [2.24, 2.45) is 29.1 Å². The van der Waals surface area contributed by atoms with E-state index in [1.807, 2.05) is 0 Å². The zero-order valence-corrected chi connectivity index (χ0v) is 16.6. The van der Waals surface area contributed by atoms with Crippen molar-refractivity contribution in [3.8, 4) is 0 Å². The molecular weight excluding hydrogens is 353 g/mol. The van der Waals surface area contributed by atoms with E-state index in [0.29, 0.717) is 5.92 Å². The van der Waals surface area contributed by atoms with Crippen LogP contribution in [0.4, 0.5) is 13.2 Å². The van der Waals surface area contributed by atoms with Gasteiger partial charge in [0.25, 0.3) is 0 Å². The van der Waals surface area contributed by atoms with Crippen molar-refractivity contribution in [1.82, 2.24) is 0 Å². The minimum atomic E-state index is -4.76. The molecule has 0 spiro atoms. The maximum atomic E-state index is 12.3. The normalized spacial score (nSPS) is 31.0. The van der Waals surface area contributed by atoms with Crippen LogP contribution in [0.1, 0.15) is 53.9 Å². The average Bonchev–Trinajstić information content (AvgIpc) is 2.41. The first-order valence-corrected chi connectivity index (χ1v) is 10.6. The number of allylic oxidation sites excluding steroid dienone is 1. The van der Waals surface area contributed by atoms with Crippen LogP contribution < -0.4 is 0 Å². The molecule has 1 aliphatic rings. The third-order valence-corrected chi connectivity index (χ3v) is 7.10. The standard InChI is InChI=1S/C18H31F3O3S/c1-12-8-7-9-17(5,6)14(3)13(2)16(12)15(4)24-11-25(22,23)10-18(19,20)21/h12-14,16H,4,7-11H2,1-3,5-6H3/t12?,13?,14-,16?/m0/s1. The topological polar surface area (TPSA) is 43.4 Å². The van der Waals surface area contributed by atoms with Crippen molar-refractivity contribution in [3.63, 3.8) is 0 Å². The minimum Gasteiger partial charge on any atom is -0.482 e. The van der Waals surface area contributed by atoms with Crippen molar-refractivity contribution in [1.29, 1.82) is 0 Å². The predicted octanol–water partition coefficient (Wildman–Crippen LogP) is 5.19. The number of ether oxygens (including phenoxy) is 1. The molecule has 1 aliphatic carbocycles. The maximum absolute atomic E-state index is 12.3. The summed E-state index contributed by atoms with van der Waals surface area (Å²) >= 11 is 0. The summed E-state index contributed by atoms with van der Waals surface area (Å²) in [6.45, 7) is 14.6. The quantitative estimate of drug-likeness (QED) is 0.613. The van der Waals surface area contributed by atoms with Gasteiger partial charge in [-0.25, -0.2) is 8.42 Å². The Hall–Kier alpha value is -0.720. The molecule has 0 aromatic carbocycles. The number of hydrogen-bond donors (Lipinski definition) is 0. The van der Waals surface area contributed by atoms with Gasteiger partial charge in [0.1, 0.15) is 5.75 Å². The van der Waals surface area contributed by atoms with Crippen molar-refractivity contribution in [2.45, 2.75) is 60.1 Å². The molecule has 7 heteroatoms. The smallest absolute Gasteiger partial charge is 0.402 e. The Labute approximate surface area is 149 Å². The third kappa shape index (κ3) is 6.50. The van der Waals surface area contributed by atoms with Gasteiger partial charge in [-0.1, -0.05) is 47.6 Å². The molecule has 0 amide bonds. The molecule has 0 aliphatic heterocycles. The van der Waals surface area contributed by atoms with E-state index in [1.165, 1.54) is 0 Å². The molecule has 1 fully saturated rings. The summed E-state index contributed by atoms with van der Waals surface area (Å²) in [5.74, 6) is -1.83. The molecule has 0 heterocycles. The second-order valence-corrected chi connectivity index (χ2v) is 10.3. The van der Waals surface area contributed by atoms with Crippen LogP contribution in [0.5, 0.6) is 0 Å². The van der Waals surface area contributed by atoms with E-state index in [0.717, 1.165) is 19.3 Å². The van der Waals surface area contributed by atoms with Crippen LogP contribution in [0, 0.1) is 29.1 Å². The van der Waals surface area contributed by atoms with Crippen molar-refractivity contribution < 1.29 is 26.3 Å². The second-order valence-electron chi connectivity index (χ2n) is 8.26. The Kier molecular flexibility index (Phi) is 7.04. The highest BCUT2D eigenvalue weighted by molar-refractivity contribution is 7.91. The molecule has 0 N–H and O–H groups in total. The molecular formula is C18H31F3O3S. The van der Waals surface area contributed by atoms with E-state index in [2.05, 4.69) is 41.2 Å². The molecule has 1 saturated carbocycles. The molecule has 3 unspecified atom stereocenters. The Morgan fingerprint density at radius 1 is 1.24 bits per heavy atom. The number of hydrogen-bond acceptors (Lipinski definition) is 3. The van der Waals surface area contributed by atoms with Crippen LogP contribution >= 0.6 is 0 Å².